The van der Waals surface area contributed by atoms with Gasteiger partial charge in [0.2, 0.25) is 0 Å². The lowest BCUT2D eigenvalue weighted by Crippen LogP contribution is -2.49. The maximum absolute atomic E-state index is 6.21. The Hall–Kier alpha value is -1.07. The molecule has 1 nitrogen and oxygen atoms in total. The van der Waals surface area contributed by atoms with E-state index in [-0.39, 0.29) is 10.8 Å². The Morgan fingerprint density at radius 2 is 1.35 bits per heavy atom. The number of hydrogen-bond donors (Lipinski definition) is 0. The minimum absolute atomic E-state index is 0.0381. The van der Waals surface area contributed by atoms with E-state index in [9.17, 15) is 0 Å². The van der Waals surface area contributed by atoms with Gasteiger partial charge in [0.25, 0.3) is 0 Å². The van der Waals surface area contributed by atoms with Crippen LogP contribution in [0.25, 0.3) is 0 Å². The molecule has 174 valence electrons. The minimum Gasteiger partial charge on any atom is -0.497 e. The van der Waals surface area contributed by atoms with Gasteiger partial charge in [-0.15, -0.1) is 0 Å². The Bertz CT molecular complexity index is 895. The van der Waals surface area contributed by atoms with Crippen molar-refractivity contribution in [3.8, 4) is 5.75 Å². The average molecular weight is 457 g/mol. The van der Waals surface area contributed by atoms with Crippen molar-refractivity contribution in [1.29, 1.82) is 0 Å². The molecule has 1 aromatic carbocycles. The van der Waals surface area contributed by atoms with Gasteiger partial charge < -0.3 is 4.74 Å². The summed E-state index contributed by atoms with van der Waals surface area (Å²) in [5, 5.41) is 5.23. The predicted molar refractivity (Wildman–Crippen MR) is 145 cm³/mol. The first-order valence-corrected chi connectivity index (χ1v) is 17.9. The van der Waals surface area contributed by atoms with Gasteiger partial charge in [-0.2, -0.15) is 0 Å². The number of ether oxygens (including phenoxy) is 1. The van der Waals surface area contributed by atoms with Crippen molar-refractivity contribution >= 4 is 21.3 Å². The van der Waals surface area contributed by atoms with Crippen LogP contribution in [0.3, 0.4) is 0 Å². The molecule has 31 heavy (non-hydrogen) atoms. The van der Waals surface area contributed by atoms with Crippen molar-refractivity contribution < 1.29 is 4.74 Å². The lowest BCUT2D eigenvalue weighted by atomic mass is 9.80. The monoisotopic (exact) mass is 456 g/mol. The van der Waals surface area contributed by atoms with Gasteiger partial charge in [-0.1, -0.05) is 123 Å². The highest BCUT2D eigenvalue weighted by atomic mass is 28.3. The Labute approximate surface area is 195 Å². The summed E-state index contributed by atoms with van der Waals surface area (Å²) in [5.74, 6) is 1.13. The smallest absolute Gasteiger partial charge is 0.122 e. The van der Waals surface area contributed by atoms with Gasteiger partial charge in [0.1, 0.15) is 13.8 Å². The van der Waals surface area contributed by atoms with E-state index in [1.807, 2.05) is 7.11 Å². The molecular formula is C28H48OSi2. The first-order valence-electron chi connectivity index (χ1n) is 11.9. The third kappa shape index (κ3) is 4.83. The molecule has 0 bridgehead atoms. The highest BCUT2D eigenvalue weighted by Gasteiger charge is 2.44. The van der Waals surface area contributed by atoms with Crippen molar-refractivity contribution in [2.75, 3.05) is 7.11 Å². The van der Waals surface area contributed by atoms with Crippen LogP contribution >= 0.6 is 0 Å². The van der Waals surface area contributed by atoms with Gasteiger partial charge in [0.05, 0.1) is 15.2 Å². The zero-order chi connectivity index (χ0) is 24.2. The summed E-state index contributed by atoms with van der Waals surface area (Å²) in [4.78, 5) is 0. The molecule has 0 radical (unpaired) electrons. The van der Waals surface area contributed by atoms with Crippen molar-refractivity contribution in [3.63, 3.8) is 0 Å². The second kappa shape index (κ2) is 8.06. The summed E-state index contributed by atoms with van der Waals surface area (Å²) in [6.07, 6.45) is 6.01. The molecule has 0 aliphatic heterocycles. The average Bonchev–Trinajstić information content (AvgIpc) is 3.09. The fourth-order valence-corrected chi connectivity index (χ4v) is 11.7. The van der Waals surface area contributed by atoms with Crippen LogP contribution in [-0.4, -0.2) is 23.3 Å². The molecule has 0 spiro atoms. The van der Waals surface area contributed by atoms with E-state index in [1.54, 1.807) is 10.4 Å². The van der Waals surface area contributed by atoms with E-state index in [2.05, 4.69) is 113 Å². The molecule has 0 saturated carbocycles. The number of rotatable bonds is 4. The molecule has 0 N–H and O–H groups in total. The van der Waals surface area contributed by atoms with Crippen LogP contribution in [0.4, 0.5) is 0 Å². The van der Waals surface area contributed by atoms with Gasteiger partial charge in [-0.05, 0) is 38.6 Å². The van der Waals surface area contributed by atoms with Crippen LogP contribution in [0.15, 0.2) is 34.7 Å². The zero-order valence-electron chi connectivity index (χ0n) is 22.9. The van der Waals surface area contributed by atoms with Crippen molar-refractivity contribution in [2.45, 2.75) is 111 Å². The minimum atomic E-state index is -1.96. The lowest BCUT2D eigenvalue weighted by Gasteiger charge is -2.41. The molecule has 1 aliphatic carbocycles. The summed E-state index contributed by atoms with van der Waals surface area (Å²) < 4.78 is 6.21. The molecule has 0 heterocycles. The van der Waals surface area contributed by atoms with E-state index >= 15 is 0 Å². The second-order valence-electron chi connectivity index (χ2n) is 13.6. The molecule has 1 aromatic rings. The summed E-state index contributed by atoms with van der Waals surface area (Å²) in [6, 6.07) is 4.90. The topological polar surface area (TPSA) is 9.23 Å². The predicted octanol–water partition coefficient (Wildman–Crippen LogP) is 8.05. The number of allylic oxidation sites excluding steroid dienone is 4. The highest BCUT2D eigenvalue weighted by molar-refractivity contribution is 6.99. The maximum atomic E-state index is 6.21. The molecule has 1 aliphatic rings. The van der Waals surface area contributed by atoms with Crippen molar-refractivity contribution in [3.05, 3.63) is 45.8 Å². The van der Waals surface area contributed by atoms with Crippen molar-refractivity contribution in [2.24, 2.45) is 0 Å². The Morgan fingerprint density at radius 3 is 1.77 bits per heavy atom. The quantitative estimate of drug-likeness (QED) is 0.416. The van der Waals surface area contributed by atoms with Gasteiger partial charge in [-0.25, -0.2) is 0 Å². The Kier molecular flexibility index (Phi) is 6.81. The lowest BCUT2D eigenvalue weighted by molar-refractivity contribution is 0.399. The first kappa shape index (κ1) is 26.2. The van der Waals surface area contributed by atoms with Crippen LogP contribution in [0, 0.1) is 0 Å². The summed E-state index contributed by atoms with van der Waals surface area (Å²) in [6.45, 7) is 31.5. The number of methoxy groups -OCH3 is 1. The SMILES string of the molecule is COc1c(C(C)(C)C)cc(C(C)(C)C)cc1[Si](C)(C)C1=C([Si](C)(C)C(C)(C)C)C=CC1. The Morgan fingerprint density at radius 1 is 0.806 bits per heavy atom. The second-order valence-corrected chi connectivity index (χ2v) is 23.3. The molecule has 0 aromatic heterocycles. The largest absolute Gasteiger partial charge is 0.497 e. The standard InChI is InChI=1S/C28H48OSi2/c1-26(2,3)20-18-21(27(4,5)6)25(29-10)24(19-20)30(11,12)22-16-15-17-23(22)31(13,14)28(7,8)9/h15,17-19H,16H2,1-14H3. The molecule has 0 atom stereocenters. The fourth-order valence-electron chi connectivity index (χ4n) is 4.55. The molecule has 2 rings (SSSR count). The highest BCUT2D eigenvalue weighted by Crippen LogP contribution is 2.46. The summed E-state index contributed by atoms with van der Waals surface area (Å²) >= 11 is 0. The maximum Gasteiger partial charge on any atom is 0.122 e. The van der Waals surface area contributed by atoms with Gasteiger partial charge in [0.15, 0.2) is 0 Å². The Balaban J connectivity index is 2.89. The van der Waals surface area contributed by atoms with Gasteiger partial charge in [-0.3, -0.25) is 0 Å². The molecule has 0 amide bonds. The molecule has 3 heteroatoms. The third-order valence-electron chi connectivity index (χ3n) is 7.87. The third-order valence-corrected chi connectivity index (χ3v) is 17.4. The van der Waals surface area contributed by atoms with E-state index in [1.165, 1.54) is 16.3 Å². The van der Waals surface area contributed by atoms with Crippen LogP contribution in [-0.2, 0) is 10.8 Å². The summed E-state index contributed by atoms with van der Waals surface area (Å²) in [7, 11) is -1.71. The van der Waals surface area contributed by atoms with Gasteiger partial charge >= 0.3 is 0 Å². The van der Waals surface area contributed by atoms with Crippen molar-refractivity contribution in [1.82, 2.24) is 0 Å². The molecular weight excluding hydrogens is 408 g/mol. The molecule has 0 saturated heterocycles. The zero-order valence-corrected chi connectivity index (χ0v) is 24.9. The summed E-state index contributed by atoms with van der Waals surface area (Å²) in [5.41, 5.74) is 2.92. The van der Waals surface area contributed by atoms with Gasteiger partial charge in [0, 0.05) is 0 Å². The fraction of sp³-hybridized carbons (Fsp3) is 0.643. The van der Waals surface area contributed by atoms with E-state index < -0.39 is 16.1 Å². The van der Waals surface area contributed by atoms with Crippen LogP contribution < -0.4 is 9.92 Å². The first-order chi connectivity index (χ1) is 13.8. The number of hydrogen-bond acceptors (Lipinski definition) is 1. The van der Waals surface area contributed by atoms with E-state index in [4.69, 9.17) is 4.74 Å². The normalized spacial score (nSPS) is 16.3. The van der Waals surface area contributed by atoms with Crippen LogP contribution in [0.2, 0.25) is 31.2 Å². The van der Waals surface area contributed by atoms with Crippen LogP contribution in [0.5, 0.6) is 5.75 Å². The van der Waals surface area contributed by atoms with E-state index in [0.717, 1.165) is 12.2 Å². The van der Waals surface area contributed by atoms with E-state index in [0.29, 0.717) is 5.04 Å². The van der Waals surface area contributed by atoms with Crippen LogP contribution in [0.1, 0.15) is 79.9 Å². The molecule has 0 fully saturated rings. The molecule has 0 unspecified atom stereocenters. The number of benzene rings is 1.